The fourth-order valence-corrected chi connectivity index (χ4v) is 2.50. The molecule has 1 fully saturated rings. The molecule has 1 rings (SSSR count). The molecule has 2 unspecified atom stereocenters. The zero-order valence-electron chi connectivity index (χ0n) is 10.4. The summed E-state index contributed by atoms with van der Waals surface area (Å²) in [6.45, 7) is 4.98. The Hall–Kier alpha value is -0.610. The van der Waals surface area contributed by atoms with Crippen LogP contribution in [0.2, 0.25) is 0 Å². The molecule has 1 saturated heterocycles. The van der Waals surface area contributed by atoms with Crippen LogP contribution in [-0.2, 0) is 9.53 Å². The predicted octanol–water partition coefficient (Wildman–Crippen LogP) is 0.999. The van der Waals surface area contributed by atoms with E-state index >= 15 is 0 Å². The van der Waals surface area contributed by atoms with Crippen LogP contribution in [0.4, 0.5) is 0 Å². The molecule has 4 nitrogen and oxygen atoms in total. The molecule has 4 heteroatoms. The van der Waals surface area contributed by atoms with Gasteiger partial charge in [-0.05, 0) is 18.8 Å². The van der Waals surface area contributed by atoms with Crippen LogP contribution in [0.25, 0.3) is 0 Å². The molecule has 94 valence electrons. The van der Waals surface area contributed by atoms with Gasteiger partial charge in [0.15, 0.2) is 0 Å². The van der Waals surface area contributed by atoms with Crippen LogP contribution >= 0.6 is 0 Å². The SMILES string of the molecule is CCCC1CC(N)CN(CCC(=O)OC)C1. The molecular formula is C12H24N2O2. The molecule has 0 aromatic carbocycles. The largest absolute Gasteiger partial charge is 0.469 e. The third-order valence-electron chi connectivity index (χ3n) is 3.20. The molecule has 1 aliphatic rings. The van der Waals surface area contributed by atoms with Crippen LogP contribution in [0, 0.1) is 5.92 Å². The highest BCUT2D eigenvalue weighted by Crippen LogP contribution is 2.20. The molecule has 0 saturated carbocycles. The van der Waals surface area contributed by atoms with Crippen LogP contribution < -0.4 is 5.73 Å². The number of piperidine rings is 1. The topological polar surface area (TPSA) is 55.6 Å². The van der Waals surface area contributed by atoms with Gasteiger partial charge in [0.2, 0.25) is 0 Å². The van der Waals surface area contributed by atoms with E-state index < -0.39 is 0 Å². The molecule has 0 bridgehead atoms. The maximum absolute atomic E-state index is 11.1. The summed E-state index contributed by atoms with van der Waals surface area (Å²) in [7, 11) is 1.43. The quantitative estimate of drug-likeness (QED) is 0.713. The summed E-state index contributed by atoms with van der Waals surface area (Å²) in [5, 5.41) is 0. The first-order chi connectivity index (χ1) is 7.65. The van der Waals surface area contributed by atoms with E-state index in [1.807, 2.05) is 0 Å². The Balaban J connectivity index is 2.32. The van der Waals surface area contributed by atoms with Gasteiger partial charge in [-0.3, -0.25) is 4.79 Å². The smallest absolute Gasteiger partial charge is 0.306 e. The summed E-state index contributed by atoms with van der Waals surface area (Å²) in [6, 6.07) is 0.267. The lowest BCUT2D eigenvalue weighted by molar-refractivity contribution is -0.141. The average molecular weight is 228 g/mol. The molecule has 0 aromatic rings. The van der Waals surface area contributed by atoms with Crippen LogP contribution in [0.1, 0.15) is 32.6 Å². The number of hydrogen-bond acceptors (Lipinski definition) is 4. The molecule has 1 aliphatic heterocycles. The van der Waals surface area contributed by atoms with E-state index in [-0.39, 0.29) is 12.0 Å². The third-order valence-corrected chi connectivity index (χ3v) is 3.20. The van der Waals surface area contributed by atoms with E-state index in [0.717, 1.165) is 26.1 Å². The number of nitrogens with zero attached hydrogens (tertiary/aromatic N) is 1. The monoisotopic (exact) mass is 228 g/mol. The second kappa shape index (κ2) is 6.86. The van der Waals surface area contributed by atoms with Crippen molar-refractivity contribution in [3.63, 3.8) is 0 Å². The number of esters is 1. The Morgan fingerprint density at radius 2 is 2.25 bits per heavy atom. The summed E-state index contributed by atoms with van der Waals surface area (Å²) in [6.07, 6.45) is 4.05. The Kier molecular flexibility index (Phi) is 5.77. The Morgan fingerprint density at radius 1 is 1.50 bits per heavy atom. The Labute approximate surface area is 98.1 Å². The van der Waals surface area contributed by atoms with Crippen molar-refractivity contribution >= 4 is 5.97 Å². The second-order valence-corrected chi connectivity index (χ2v) is 4.74. The predicted molar refractivity (Wildman–Crippen MR) is 64.1 cm³/mol. The van der Waals surface area contributed by atoms with E-state index in [4.69, 9.17) is 5.73 Å². The lowest BCUT2D eigenvalue weighted by atomic mass is 9.91. The van der Waals surface area contributed by atoms with E-state index in [9.17, 15) is 4.79 Å². The van der Waals surface area contributed by atoms with Crippen molar-refractivity contribution in [3.8, 4) is 0 Å². The standard InChI is InChI=1S/C12H24N2O2/c1-3-4-10-7-11(13)9-14(8-10)6-5-12(15)16-2/h10-11H,3-9,13H2,1-2H3. The van der Waals surface area contributed by atoms with Crippen LogP contribution in [0.5, 0.6) is 0 Å². The molecule has 0 spiro atoms. The van der Waals surface area contributed by atoms with Crippen molar-refractivity contribution in [2.45, 2.75) is 38.6 Å². The molecule has 2 atom stereocenters. The number of carbonyl (C=O) groups excluding carboxylic acids is 1. The minimum atomic E-state index is -0.133. The first-order valence-corrected chi connectivity index (χ1v) is 6.20. The van der Waals surface area contributed by atoms with Crippen molar-refractivity contribution in [3.05, 3.63) is 0 Å². The minimum absolute atomic E-state index is 0.133. The van der Waals surface area contributed by atoms with Gasteiger partial charge in [0.1, 0.15) is 0 Å². The van der Waals surface area contributed by atoms with Crippen LogP contribution in [0.3, 0.4) is 0 Å². The number of carbonyl (C=O) groups is 1. The maximum atomic E-state index is 11.1. The molecule has 0 aromatic heterocycles. The number of hydrogen-bond donors (Lipinski definition) is 1. The number of methoxy groups -OCH3 is 1. The van der Waals surface area contributed by atoms with Gasteiger partial charge in [-0.15, -0.1) is 0 Å². The third kappa shape index (κ3) is 4.49. The zero-order chi connectivity index (χ0) is 12.0. The highest BCUT2D eigenvalue weighted by atomic mass is 16.5. The molecule has 0 radical (unpaired) electrons. The molecule has 0 aliphatic carbocycles. The van der Waals surface area contributed by atoms with Gasteiger partial charge in [0, 0.05) is 25.7 Å². The Morgan fingerprint density at radius 3 is 2.88 bits per heavy atom. The van der Waals surface area contributed by atoms with E-state index in [2.05, 4.69) is 16.6 Å². The van der Waals surface area contributed by atoms with E-state index in [1.54, 1.807) is 0 Å². The van der Waals surface area contributed by atoms with E-state index in [0.29, 0.717) is 12.3 Å². The molecule has 2 N–H and O–H groups in total. The van der Waals surface area contributed by atoms with Crippen molar-refractivity contribution in [1.82, 2.24) is 4.90 Å². The number of nitrogens with two attached hydrogens (primary N) is 1. The summed E-state index contributed by atoms with van der Waals surface area (Å²) >= 11 is 0. The molecule has 16 heavy (non-hydrogen) atoms. The van der Waals surface area contributed by atoms with Gasteiger partial charge in [-0.25, -0.2) is 0 Å². The maximum Gasteiger partial charge on any atom is 0.306 e. The van der Waals surface area contributed by atoms with Crippen LogP contribution in [-0.4, -0.2) is 43.7 Å². The fraction of sp³-hybridized carbons (Fsp3) is 0.917. The van der Waals surface area contributed by atoms with Gasteiger partial charge >= 0.3 is 5.97 Å². The zero-order valence-corrected chi connectivity index (χ0v) is 10.4. The average Bonchev–Trinajstić information content (AvgIpc) is 2.25. The minimum Gasteiger partial charge on any atom is -0.469 e. The fourth-order valence-electron chi connectivity index (χ4n) is 2.50. The van der Waals surface area contributed by atoms with Gasteiger partial charge in [-0.2, -0.15) is 0 Å². The van der Waals surface area contributed by atoms with Gasteiger partial charge < -0.3 is 15.4 Å². The number of rotatable bonds is 5. The summed E-state index contributed by atoms with van der Waals surface area (Å²) < 4.78 is 4.65. The Bertz CT molecular complexity index is 221. The highest BCUT2D eigenvalue weighted by molar-refractivity contribution is 5.69. The highest BCUT2D eigenvalue weighted by Gasteiger charge is 2.24. The molecule has 1 heterocycles. The first-order valence-electron chi connectivity index (χ1n) is 6.20. The molecule has 0 amide bonds. The summed E-state index contributed by atoms with van der Waals surface area (Å²) in [5.41, 5.74) is 6.03. The second-order valence-electron chi connectivity index (χ2n) is 4.74. The summed E-state index contributed by atoms with van der Waals surface area (Å²) in [4.78, 5) is 13.4. The van der Waals surface area contributed by atoms with Crippen molar-refractivity contribution in [1.29, 1.82) is 0 Å². The number of likely N-dealkylation sites (tertiary alicyclic amines) is 1. The first kappa shape index (κ1) is 13.5. The molecular weight excluding hydrogens is 204 g/mol. The van der Waals surface area contributed by atoms with E-state index in [1.165, 1.54) is 20.0 Å². The summed E-state index contributed by atoms with van der Waals surface area (Å²) in [5.74, 6) is 0.567. The normalized spacial score (nSPS) is 26.7. The van der Waals surface area contributed by atoms with Crippen molar-refractivity contribution in [2.24, 2.45) is 11.7 Å². The lowest BCUT2D eigenvalue weighted by Gasteiger charge is -2.36. The van der Waals surface area contributed by atoms with Crippen molar-refractivity contribution in [2.75, 3.05) is 26.7 Å². The van der Waals surface area contributed by atoms with Gasteiger partial charge in [0.05, 0.1) is 13.5 Å². The number of ether oxygens (including phenoxy) is 1. The van der Waals surface area contributed by atoms with Gasteiger partial charge in [-0.1, -0.05) is 13.3 Å². The lowest BCUT2D eigenvalue weighted by Crippen LogP contribution is -2.47. The van der Waals surface area contributed by atoms with Gasteiger partial charge in [0.25, 0.3) is 0 Å². The van der Waals surface area contributed by atoms with Crippen molar-refractivity contribution < 1.29 is 9.53 Å². The van der Waals surface area contributed by atoms with Crippen LogP contribution in [0.15, 0.2) is 0 Å².